The smallest absolute Gasteiger partial charge is 0.255 e. The van der Waals surface area contributed by atoms with E-state index in [1.807, 2.05) is 50.2 Å². The molecule has 1 saturated heterocycles. The van der Waals surface area contributed by atoms with E-state index in [-0.39, 0.29) is 12.0 Å². The number of carbonyl (C=O) groups is 1. The van der Waals surface area contributed by atoms with E-state index in [2.05, 4.69) is 20.2 Å². The van der Waals surface area contributed by atoms with Crippen LogP contribution in [0.1, 0.15) is 21.7 Å². The summed E-state index contributed by atoms with van der Waals surface area (Å²) >= 11 is 0. The number of aliphatic hydroxyl groups is 1. The molecule has 1 aliphatic heterocycles. The first-order chi connectivity index (χ1) is 15.0. The number of β-amino-alcohol motifs (C(OH)–C–C–N with tert-alkyl or cyclic N) is 1. The van der Waals surface area contributed by atoms with Crippen LogP contribution in [0.25, 0.3) is 11.1 Å². The minimum atomic E-state index is -0.227. The van der Waals surface area contributed by atoms with Gasteiger partial charge in [0.05, 0.1) is 6.10 Å². The van der Waals surface area contributed by atoms with E-state index in [1.54, 1.807) is 18.5 Å². The van der Waals surface area contributed by atoms with Gasteiger partial charge in [-0.25, -0.2) is 9.97 Å². The highest BCUT2D eigenvalue weighted by Gasteiger charge is 2.24. The Morgan fingerprint density at radius 1 is 1.13 bits per heavy atom. The molecule has 0 aliphatic carbocycles. The number of anilines is 1. The van der Waals surface area contributed by atoms with Crippen LogP contribution in [0.4, 0.5) is 5.69 Å². The van der Waals surface area contributed by atoms with Gasteiger partial charge in [-0.3, -0.25) is 9.69 Å². The summed E-state index contributed by atoms with van der Waals surface area (Å²) in [5.74, 6) is 0.536. The molecule has 7 nitrogen and oxygen atoms in total. The number of aryl methyl sites for hydroxylation is 2. The van der Waals surface area contributed by atoms with Gasteiger partial charge in [0.1, 0.15) is 18.7 Å². The van der Waals surface area contributed by atoms with Crippen LogP contribution in [0.2, 0.25) is 0 Å². The quantitative estimate of drug-likeness (QED) is 0.613. The Labute approximate surface area is 181 Å². The van der Waals surface area contributed by atoms with E-state index in [9.17, 15) is 9.90 Å². The monoisotopic (exact) mass is 418 g/mol. The third-order valence-corrected chi connectivity index (χ3v) is 5.37. The van der Waals surface area contributed by atoms with Crippen LogP contribution in [-0.4, -0.2) is 58.2 Å². The molecule has 0 bridgehead atoms. The highest BCUT2D eigenvalue weighted by molar-refractivity contribution is 6.04. The number of carbonyl (C=O) groups excluding carboxylic acids is 1. The molecule has 0 spiro atoms. The lowest BCUT2D eigenvalue weighted by molar-refractivity contribution is -0.00384. The van der Waals surface area contributed by atoms with E-state index >= 15 is 0 Å². The molecule has 2 N–H and O–H groups in total. The number of benzene rings is 2. The van der Waals surface area contributed by atoms with Crippen molar-refractivity contribution in [1.29, 1.82) is 0 Å². The largest absolute Gasteiger partial charge is 0.492 e. The fourth-order valence-corrected chi connectivity index (χ4v) is 3.71. The van der Waals surface area contributed by atoms with Crippen molar-refractivity contribution in [2.75, 3.05) is 31.6 Å². The molecule has 0 atom stereocenters. The van der Waals surface area contributed by atoms with Crippen LogP contribution in [0, 0.1) is 13.8 Å². The molecule has 4 rings (SSSR count). The third kappa shape index (κ3) is 4.90. The van der Waals surface area contributed by atoms with Crippen molar-refractivity contribution in [3.05, 3.63) is 71.8 Å². The normalized spacial score (nSPS) is 14.2. The zero-order valence-corrected chi connectivity index (χ0v) is 17.7. The molecule has 31 heavy (non-hydrogen) atoms. The van der Waals surface area contributed by atoms with Gasteiger partial charge < -0.3 is 15.2 Å². The SMILES string of the molecule is Cc1ncnc(C)c1-c1cc(NC(=O)c2ccccc2)ccc1OCCN1CC(O)C1. The molecule has 1 aliphatic rings. The van der Waals surface area contributed by atoms with Gasteiger partial charge in [0.25, 0.3) is 5.91 Å². The second-order valence-electron chi connectivity index (χ2n) is 7.71. The number of aliphatic hydroxyl groups excluding tert-OH is 1. The standard InChI is InChI=1S/C24H26N4O3/c1-16-23(17(2)26-15-25-16)21-12-19(27-24(30)18-6-4-3-5-7-18)8-9-22(21)31-11-10-28-13-20(29)14-28/h3-9,12,15,20,29H,10-11,13-14H2,1-2H3,(H,27,30). The van der Waals surface area contributed by atoms with Crippen molar-refractivity contribution >= 4 is 11.6 Å². The zero-order valence-electron chi connectivity index (χ0n) is 17.7. The lowest BCUT2D eigenvalue weighted by Crippen LogP contribution is -2.51. The predicted molar refractivity (Wildman–Crippen MR) is 119 cm³/mol. The summed E-state index contributed by atoms with van der Waals surface area (Å²) in [5, 5.41) is 12.4. The van der Waals surface area contributed by atoms with Crippen LogP contribution in [-0.2, 0) is 0 Å². The Balaban J connectivity index is 1.59. The van der Waals surface area contributed by atoms with Crippen molar-refractivity contribution in [2.24, 2.45) is 0 Å². The number of nitrogens with zero attached hydrogens (tertiary/aromatic N) is 3. The number of aromatic nitrogens is 2. The van der Waals surface area contributed by atoms with Crippen molar-refractivity contribution in [3.63, 3.8) is 0 Å². The summed E-state index contributed by atoms with van der Waals surface area (Å²) in [6.45, 7) is 6.49. The van der Waals surface area contributed by atoms with Gasteiger partial charge in [-0.05, 0) is 44.2 Å². The predicted octanol–water partition coefficient (Wildman–Crippen LogP) is 3.07. The minimum absolute atomic E-state index is 0.172. The first-order valence-electron chi connectivity index (χ1n) is 10.3. The Morgan fingerprint density at radius 2 is 1.84 bits per heavy atom. The molecule has 1 amide bonds. The van der Waals surface area contributed by atoms with Gasteiger partial charge >= 0.3 is 0 Å². The van der Waals surface area contributed by atoms with E-state index < -0.39 is 0 Å². The maximum atomic E-state index is 12.6. The Morgan fingerprint density at radius 3 is 2.52 bits per heavy atom. The highest BCUT2D eigenvalue weighted by Crippen LogP contribution is 2.35. The molecule has 0 saturated carbocycles. The van der Waals surface area contributed by atoms with Crippen molar-refractivity contribution < 1.29 is 14.6 Å². The second-order valence-corrected chi connectivity index (χ2v) is 7.71. The van der Waals surface area contributed by atoms with Crippen LogP contribution >= 0.6 is 0 Å². The highest BCUT2D eigenvalue weighted by atomic mass is 16.5. The molecule has 2 aromatic carbocycles. The number of rotatable bonds is 7. The molecule has 1 aromatic heterocycles. The Bertz CT molecular complexity index is 1050. The topological polar surface area (TPSA) is 87.6 Å². The van der Waals surface area contributed by atoms with Crippen molar-refractivity contribution in [3.8, 4) is 16.9 Å². The zero-order chi connectivity index (χ0) is 21.8. The number of hydrogen-bond donors (Lipinski definition) is 2. The molecule has 0 radical (unpaired) electrons. The molecule has 2 heterocycles. The van der Waals surface area contributed by atoms with E-state index in [0.29, 0.717) is 36.7 Å². The number of amides is 1. The van der Waals surface area contributed by atoms with Gasteiger partial charge in [-0.15, -0.1) is 0 Å². The fourth-order valence-electron chi connectivity index (χ4n) is 3.71. The van der Waals surface area contributed by atoms with Crippen LogP contribution in [0.15, 0.2) is 54.9 Å². The number of likely N-dealkylation sites (tertiary alicyclic amines) is 1. The maximum absolute atomic E-state index is 12.6. The minimum Gasteiger partial charge on any atom is -0.492 e. The molecule has 160 valence electrons. The molecule has 1 fully saturated rings. The first-order valence-corrected chi connectivity index (χ1v) is 10.3. The lowest BCUT2D eigenvalue weighted by atomic mass is 10.0. The Hall–Kier alpha value is -3.29. The first kappa shape index (κ1) is 21.0. The molecule has 3 aromatic rings. The summed E-state index contributed by atoms with van der Waals surface area (Å²) in [4.78, 5) is 23.4. The molecular weight excluding hydrogens is 392 g/mol. The third-order valence-electron chi connectivity index (χ3n) is 5.37. The fraction of sp³-hybridized carbons (Fsp3) is 0.292. The molecular formula is C24H26N4O3. The van der Waals surface area contributed by atoms with Crippen LogP contribution < -0.4 is 10.1 Å². The van der Waals surface area contributed by atoms with Crippen molar-refractivity contribution in [2.45, 2.75) is 20.0 Å². The lowest BCUT2D eigenvalue weighted by Gasteiger charge is -2.35. The average Bonchev–Trinajstić information content (AvgIpc) is 2.74. The average molecular weight is 418 g/mol. The number of ether oxygens (including phenoxy) is 1. The summed E-state index contributed by atoms with van der Waals surface area (Å²) < 4.78 is 6.10. The number of nitrogens with one attached hydrogen (secondary N) is 1. The van der Waals surface area contributed by atoms with Crippen LogP contribution in [0.3, 0.4) is 0 Å². The van der Waals surface area contributed by atoms with E-state index in [0.717, 1.165) is 29.1 Å². The number of hydrogen-bond acceptors (Lipinski definition) is 6. The summed E-state index contributed by atoms with van der Waals surface area (Å²) in [5.41, 5.74) is 4.68. The van der Waals surface area contributed by atoms with E-state index in [4.69, 9.17) is 4.74 Å². The van der Waals surface area contributed by atoms with Gasteiger partial charge in [0, 0.05) is 53.4 Å². The van der Waals surface area contributed by atoms with E-state index in [1.165, 1.54) is 0 Å². The molecule has 7 heteroatoms. The molecule has 0 unspecified atom stereocenters. The van der Waals surface area contributed by atoms with Gasteiger partial charge in [0.15, 0.2) is 0 Å². The summed E-state index contributed by atoms with van der Waals surface area (Å²) in [7, 11) is 0. The van der Waals surface area contributed by atoms with Gasteiger partial charge in [0.2, 0.25) is 0 Å². The maximum Gasteiger partial charge on any atom is 0.255 e. The van der Waals surface area contributed by atoms with Gasteiger partial charge in [-0.2, -0.15) is 0 Å². The van der Waals surface area contributed by atoms with Crippen molar-refractivity contribution in [1.82, 2.24) is 14.9 Å². The van der Waals surface area contributed by atoms with Gasteiger partial charge in [-0.1, -0.05) is 18.2 Å². The van der Waals surface area contributed by atoms with Crippen LogP contribution in [0.5, 0.6) is 5.75 Å². The Kier molecular flexibility index (Phi) is 6.25. The summed E-state index contributed by atoms with van der Waals surface area (Å²) in [6, 6.07) is 14.7. The second kappa shape index (κ2) is 9.24. The summed E-state index contributed by atoms with van der Waals surface area (Å²) in [6.07, 6.45) is 1.32.